The fourth-order valence-electron chi connectivity index (χ4n) is 2.93. The molecule has 3 aromatic rings. The summed E-state index contributed by atoms with van der Waals surface area (Å²) in [5.41, 5.74) is 2.92. The predicted octanol–water partition coefficient (Wildman–Crippen LogP) is 5.23. The minimum atomic E-state index is -1.01. The van der Waals surface area contributed by atoms with Gasteiger partial charge in [0, 0.05) is 5.56 Å². The lowest BCUT2D eigenvalue weighted by Crippen LogP contribution is -2.10. The van der Waals surface area contributed by atoms with Crippen LogP contribution in [0.15, 0.2) is 91.0 Å². The van der Waals surface area contributed by atoms with E-state index in [2.05, 4.69) is 24.0 Å². The number of benzene rings is 3. The van der Waals surface area contributed by atoms with E-state index in [1.807, 2.05) is 73.7 Å². The van der Waals surface area contributed by atoms with Crippen LogP contribution in [-0.4, -0.2) is 24.3 Å². The lowest BCUT2D eigenvalue weighted by atomic mass is 9.99. The van der Waals surface area contributed by atoms with Crippen LogP contribution in [0.1, 0.15) is 22.6 Å². The van der Waals surface area contributed by atoms with Crippen molar-refractivity contribution in [3.63, 3.8) is 0 Å². The zero-order valence-electron chi connectivity index (χ0n) is 17.3. The van der Waals surface area contributed by atoms with Gasteiger partial charge in [0.1, 0.15) is 18.1 Å². The first-order chi connectivity index (χ1) is 15.1. The molecule has 31 heavy (non-hydrogen) atoms. The van der Waals surface area contributed by atoms with Crippen LogP contribution in [-0.2, 0) is 4.79 Å². The third kappa shape index (κ3) is 7.09. The van der Waals surface area contributed by atoms with Crippen molar-refractivity contribution in [1.82, 2.24) is 0 Å². The Bertz CT molecular complexity index is 1080. The van der Waals surface area contributed by atoms with Crippen LogP contribution < -0.4 is 9.47 Å². The molecule has 0 saturated heterocycles. The summed E-state index contributed by atoms with van der Waals surface area (Å²) in [6, 6.07) is 25.4. The molecule has 0 aliphatic carbocycles. The Labute approximate surface area is 182 Å². The average molecular weight is 412 g/mol. The van der Waals surface area contributed by atoms with Crippen molar-refractivity contribution in [1.29, 1.82) is 0 Å². The van der Waals surface area contributed by atoms with Crippen molar-refractivity contribution in [2.24, 2.45) is 0 Å². The van der Waals surface area contributed by atoms with Gasteiger partial charge in [-0.3, -0.25) is 0 Å². The normalized spacial score (nSPS) is 11.4. The minimum absolute atomic E-state index is 0.0430. The van der Waals surface area contributed by atoms with Crippen LogP contribution in [0.25, 0.3) is 0 Å². The number of hydrogen-bond donors (Lipinski definition) is 1. The summed E-state index contributed by atoms with van der Waals surface area (Å²) in [6.45, 7) is 1.88. The maximum atomic E-state index is 10.6. The van der Waals surface area contributed by atoms with E-state index in [0.717, 1.165) is 16.7 Å². The predicted molar refractivity (Wildman–Crippen MR) is 121 cm³/mol. The van der Waals surface area contributed by atoms with Gasteiger partial charge in [-0.1, -0.05) is 66.4 Å². The van der Waals surface area contributed by atoms with Gasteiger partial charge >= 0.3 is 5.97 Å². The van der Waals surface area contributed by atoms with Gasteiger partial charge in [-0.2, -0.15) is 0 Å². The lowest BCUT2D eigenvalue weighted by Gasteiger charge is -2.10. The molecular weight excluding hydrogens is 388 g/mol. The molecule has 0 aliphatic heterocycles. The van der Waals surface area contributed by atoms with Crippen LogP contribution in [0.4, 0.5) is 0 Å². The summed E-state index contributed by atoms with van der Waals surface area (Å²) in [4.78, 5) is 10.6. The van der Waals surface area contributed by atoms with E-state index < -0.39 is 5.97 Å². The number of allylic oxidation sites excluding steroid dienone is 1. The number of aliphatic carboxylic acids is 1. The Hall–Kier alpha value is -3.97. The molecule has 0 amide bonds. The van der Waals surface area contributed by atoms with Gasteiger partial charge in [0.15, 0.2) is 6.61 Å². The molecule has 3 rings (SSSR count). The van der Waals surface area contributed by atoms with Crippen LogP contribution in [0.2, 0.25) is 0 Å². The molecule has 1 N–H and O–H groups in total. The molecule has 4 nitrogen and oxygen atoms in total. The summed E-state index contributed by atoms with van der Waals surface area (Å²) >= 11 is 0. The Morgan fingerprint density at radius 3 is 2.39 bits per heavy atom. The standard InChI is InChI=1S/C27H24O4/c1-21-19-25(16-17-26(21)31-20-27(28)29)30-18-8-13-24(23-11-6-3-7-12-23)15-14-22-9-4-2-5-10-22/h2-13,16-17,19,24H,18,20H2,1H3,(H,28,29)/b13-8-. The van der Waals surface area contributed by atoms with Crippen molar-refractivity contribution in [3.8, 4) is 23.3 Å². The third-order valence-corrected chi connectivity index (χ3v) is 4.48. The topological polar surface area (TPSA) is 55.8 Å². The molecule has 0 saturated carbocycles. The van der Waals surface area contributed by atoms with E-state index in [1.54, 1.807) is 12.1 Å². The van der Waals surface area contributed by atoms with E-state index >= 15 is 0 Å². The number of ether oxygens (including phenoxy) is 2. The maximum absolute atomic E-state index is 10.6. The van der Waals surface area contributed by atoms with E-state index in [0.29, 0.717) is 18.1 Å². The molecule has 0 aromatic heterocycles. The van der Waals surface area contributed by atoms with Gasteiger partial charge in [-0.15, -0.1) is 0 Å². The van der Waals surface area contributed by atoms with Crippen molar-refractivity contribution in [3.05, 3.63) is 108 Å². The zero-order valence-corrected chi connectivity index (χ0v) is 17.3. The highest BCUT2D eigenvalue weighted by Gasteiger charge is 2.05. The number of hydrogen-bond acceptors (Lipinski definition) is 3. The van der Waals surface area contributed by atoms with Gasteiger partial charge in [-0.25, -0.2) is 4.79 Å². The largest absolute Gasteiger partial charge is 0.490 e. The molecule has 0 spiro atoms. The average Bonchev–Trinajstić information content (AvgIpc) is 2.79. The molecule has 1 atom stereocenters. The highest BCUT2D eigenvalue weighted by Crippen LogP contribution is 2.23. The smallest absolute Gasteiger partial charge is 0.341 e. The van der Waals surface area contributed by atoms with Crippen LogP contribution in [0.5, 0.6) is 11.5 Å². The minimum Gasteiger partial charge on any atom is -0.490 e. The molecule has 0 heterocycles. The molecule has 0 aliphatic rings. The second kappa shape index (κ2) is 11.3. The Morgan fingerprint density at radius 2 is 1.71 bits per heavy atom. The molecule has 0 fully saturated rings. The van der Waals surface area contributed by atoms with Crippen molar-refractivity contribution in [2.75, 3.05) is 13.2 Å². The fourth-order valence-corrected chi connectivity index (χ4v) is 2.93. The van der Waals surface area contributed by atoms with Crippen LogP contribution in [0, 0.1) is 18.8 Å². The third-order valence-electron chi connectivity index (χ3n) is 4.48. The van der Waals surface area contributed by atoms with Gasteiger partial charge < -0.3 is 14.6 Å². The van der Waals surface area contributed by atoms with E-state index in [9.17, 15) is 4.79 Å². The van der Waals surface area contributed by atoms with Crippen molar-refractivity contribution < 1.29 is 19.4 Å². The SMILES string of the molecule is Cc1cc(OC/C=C\C(C#Cc2ccccc2)c2ccccc2)ccc1OCC(=O)O. The highest BCUT2D eigenvalue weighted by molar-refractivity contribution is 5.68. The van der Waals surface area contributed by atoms with Crippen molar-refractivity contribution >= 4 is 5.97 Å². The molecular formula is C27H24O4. The van der Waals surface area contributed by atoms with Crippen LogP contribution >= 0.6 is 0 Å². The molecule has 4 heteroatoms. The van der Waals surface area contributed by atoms with Gasteiger partial charge in [0.2, 0.25) is 0 Å². The fraction of sp³-hybridized carbons (Fsp3) is 0.148. The number of carboxylic acids is 1. The molecule has 156 valence electrons. The van der Waals surface area contributed by atoms with Crippen molar-refractivity contribution in [2.45, 2.75) is 12.8 Å². The molecule has 0 bridgehead atoms. The molecule has 0 radical (unpaired) electrons. The molecule has 3 aromatic carbocycles. The number of aryl methyl sites for hydroxylation is 1. The van der Waals surface area contributed by atoms with E-state index in [-0.39, 0.29) is 12.5 Å². The monoisotopic (exact) mass is 412 g/mol. The summed E-state index contributed by atoms with van der Waals surface area (Å²) in [5, 5.41) is 8.73. The molecule has 1 unspecified atom stereocenters. The van der Waals surface area contributed by atoms with E-state index in [4.69, 9.17) is 14.6 Å². The van der Waals surface area contributed by atoms with Gasteiger partial charge in [0.25, 0.3) is 0 Å². The quantitative estimate of drug-likeness (QED) is 0.407. The number of rotatable bonds is 8. The summed E-state index contributed by atoms with van der Waals surface area (Å²) in [5.74, 6) is 6.75. The first-order valence-electron chi connectivity index (χ1n) is 9.98. The Balaban J connectivity index is 1.64. The van der Waals surface area contributed by atoms with E-state index in [1.165, 1.54) is 0 Å². The van der Waals surface area contributed by atoms with Crippen LogP contribution in [0.3, 0.4) is 0 Å². The first kappa shape index (κ1) is 21.7. The first-order valence-corrected chi connectivity index (χ1v) is 9.98. The highest BCUT2D eigenvalue weighted by atomic mass is 16.5. The second-order valence-electron chi connectivity index (χ2n) is 6.87. The Kier molecular flexibility index (Phi) is 7.90. The zero-order chi connectivity index (χ0) is 21.9. The summed E-state index contributed by atoms with van der Waals surface area (Å²) < 4.78 is 11.0. The number of carbonyl (C=O) groups is 1. The summed E-state index contributed by atoms with van der Waals surface area (Å²) in [7, 11) is 0. The maximum Gasteiger partial charge on any atom is 0.341 e. The van der Waals surface area contributed by atoms with Gasteiger partial charge in [-0.05, 0) is 54.5 Å². The summed E-state index contributed by atoms with van der Waals surface area (Å²) in [6.07, 6.45) is 4.00. The second-order valence-corrected chi connectivity index (χ2v) is 6.87. The number of carboxylic acid groups (broad SMARTS) is 1. The van der Waals surface area contributed by atoms with Gasteiger partial charge in [0.05, 0.1) is 5.92 Å². The Morgan fingerprint density at radius 1 is 1.00 bits per heavy atom. The lowest BCUT2D eigenvalue weighted by molar-refractivity contribution is -0.139.